The molecule has 0 radical (unpaired) electrons. The van der Waals surface area contributed by atoms with Crippen molar-refractivity contribution >= 4 is 29.1 Å². The highest BCUT2D eigenvalue weighted by molar-refractivity contribution is 7.80. The fraction of sp³-hybridized carbons (Fsp3) is 0.200. The standard InChI is InChI=1S/C20H21N3O2S/c1-24-17-9-4-14(5-10-17)3-8-16-13-19(23(22-16)20(21)26)15-6-11-18(25-2)12-7-15/h3-12,19H,13H2,1-2H3,(H2,21,26)/b8-3+. The summed E-state index contributed by atoms with van der Waals surface area (Å²) in [5.41, 5.74) is 8.96. The van der Waals surface area contributed by atoms with Gasteiger partial charge in [0.05, 0.1) is 26.0 Å². The summed E-state index contributed by atoms with van der Waals surface area (Å²) in [6, 6.07) is 15.7. The van der Waals surface area contributed by atoms with Crippen LogP contribution in [0.2, 0.25) is 0 Å². The third-order valence-corrected chi connectivity index (χ3v) is 4.43. The van der Waals surface area contributed by atoms with Crippen molar-refractivity contribution in [1.82, 2.24) is 5.01 Å². The van der Waals surface area contributed by atoms with Crippen molar-refractivity contribution < 1.29 is 9.47 Å². The van der Waals surface area contributed by atoms with Gasteiger partial charge < -0.3 is 15.2 Å². The van der Waals surface area contributed by atoms with Crippen molar-refractivity contribution in [3.8, 4) is 11.5 Å². The van der Waals surface area contributed by atoms with Gasteiger partial charge in [-0.25, -0.2) is 5.01 Å². The van der Waals surface area contributed by atoms with Crippen LogP contribution >= 0.6 is 12.2 Å². The Hall–Kier alpha value is -2.86. The molecule has 1 unspecified atom stereocenters. The molecule has 0 saturated carbocycles. The molecule has 0 aliphatic carbocycles. The molecule has 1 aliphatic heterocycles. The molecule has 1 atom stereocenters. The Morgan fingerprint density at radius 3 is 2.15 bits per heavy atom. The highest BCUT2D eigenvalue weighted by atomic mass is 32.1. The van der Waals surface area contributed by atoms with Crippen LogP contribution in [0.25, 0.3) is 6.08 Å². The molecular weight excluding hydrogens is 346 g/mol. The van der Waals surface area contributed by atoms with Gasteiger partial charge in [0.25, 0.3) is 0 Å². The molecule has 2 N–H and O–H groups in total. The normalized spacial score (nSPS) is 16.6. The molecular formula is C20H21N3O2S. The van der Waals surface area contributed by atoms with Gasteiger partial charge in [0.15, 0.2) is 5.11 Å². The number of ether oxygens (including phenoxy) is 2. The van der Waals surface area contributed by atoms with Gasteiger partial charge in [-0.2, -0.15) is 5.10 Å². The lowest BCUT2D eigenvalue weighted by atomic mass is 10.0. The van der Waals surface area contributed by atoms with E-state index in [1.807, 2.05) is 60.7 Å². The Bertz CT molecular complexity index is 829. The molecule has 6 heteroatoms. The predicted octanol–water partition coefficient (Wildman–Crippen LogP) is 3.76. The minimum absolute atomic E-state index is 0.00563. The highest BCUT2D eigenvalue weighted by Crippen LogP contribution is 2.32. The van der Waals surface area contributed by atoms with E-state index in [1.165, 1.54) is 0 Å². The van der Waals surface area contributed by atoms with E-state index in [2.05, 4.69) is 5.10 Å². The van der Waals surface area contributed by atoms with Crippen LogP contribution in [0.5, 0.6) is 11.5 Å². The Balaban J connectivity index is 1.76. The van der Waals surface area contributed by atoms with Crippen LogP contribution in [0.1, 0.15) is 23.6 Å². The van der Waals surface area contributed by atoms with Crippen molar-refractivity contribution in [2.45, 2.75) is 12.5 Å². The fourth-order valence-electron chi connectivity index (χ4n) is 2.83. The molecule has 1 aliphatic rings. The van der Waals surface area contributed by atoms with E-state index in [1.54, 1.807) is 19.2 Å². The molecule has 3 rings (SSSR count). The lowest BCUT2D eigenvalue weighted by Gasteiger charge is -2.22. The summed E-state index contributed by atoms with van der Waals surface area (Å²) in [5.74, 6) is 1.65. The van der Waals surface area contributed by atoms with Crippen molar-refractivity contribution in [3.63, 3.8) is 0 Å². The summed E-state index contributed by atoms with van der Waals surface area (Å²) in [6.45, 7) is 0. The second kappa shape index (κ2) is 8.01. The van der Waals surface area contributed by atoms with E-state index >= 15 is 0 Å². The zero-order valence-corrected chi connectivity index (χ0v) is 15.6. The van der Waals surface area contributed by atoms with E-state index in [-0.39, 0.29) is 11.2 Å². The van der Waals surface area contributed by atoms with Crippen LogP contribution in [0.15, 0.2) is 59.7 Å². The van der Waals surface area contributed by atoms with Gasteiger partial charge in [-0.1, -0.05) is 30.3 Å². The van der Waals surface area contributed by atoms with Gasteiger partial charge in [0.1, 0.15) is 11.5 Å². The number of hydrazone groups is 1. The third-order valence-electron chi connectivity index (χ3n) is 4.24. The Labute approximate surface area is 158 Å². The SMILES string of the molecule is COc1ccc(/C=C/C2=NN(C(N)=S)C(c3ccc(OC)cc3)C2)cc1. The molecule has 5 nitrogen and oxygen atoms in total. The van der Waals surface area contributed by atoms with Gasteiger partial charge in [0.2, 0.25) is 0 Å². The predicted molar refractivity (Wildman–Crippen MR) is 108 cm³/mol. The van der Waals surface area contributed by atoms with Gasteiger partial charge in [-0.15, -0.1) is 0 Å². The van der Waals surface area contributed by atoms with E-state index in [0.717, 1.165) is 34.8 Å². The molecule has 0 amide bonds. The first-order valence-electron chi connectivity index (χ1n) is 8.23. The van der Waals surface area contributed by atoms with Crippen LogP contribution < -0.4 is 15.2 Å². The van der Waals surface area contributed by atoms with E-state index in [4.69, 9.17) is 27.4 Å². The Morgan fingerprint density at radius 1 is 1.04 bits per heavy atom. The number of thiocarbonyl (C=S) groups is 1. The minimum atomic E-state index is -0.00563. The number of methoxy groups -OCH3 is 2. The maximum atomic E-state index is 5.87. The van der Waals surface area contributed by atoms with Crippen molar-refractivity contribution in [2.75, 3.05) is 14.2 Å². The first kappa shape index (κ1) is 17.9. The molecule has 2 aromatic carbocycles. The maximum absolute atomic E-state index is 5.87. The molecule has 0 saturated heterocycles. The molecule has 0 aromatic heterocycles. The van der Waals surface area contributed by atoms with Crippen molar-refractivity contribution in [3.05, 3.63) is 65.7 Å². The molecule has 1 heterocycles. The second-order valence-electron chi connectivity index (χ2n) is 5.87. The number of nitrogens with zero attached hydrogens (tertiary/aromatic N) is 2. The molecule has 134 valence electrons. The summed E-state index contributed by atoms with van der Waals surface area (Å²) in [7, 11) is 3.30. The summed E-state index contributed by atoms with van der Waals surface area (Å²) >= 11 is 5.17. The maximum Gasteiger partial charge on any atom is 0.187 e. The minimum Gasteiger partial charge on any atom is -0.497 e. The number of hydrogen-bond acceptors (Lipinski definition) is 4. The van der Waals surface area contributed by atoms with Gasteiger partial charge in [-0.3, -0.25) is 0 Å². The summed E-state index contributed by atoms with van der Waals surface area (Å²) in [5, 5.41) is 6.54. The third kappa shape index (κ3) is 4.03. The first-order valence-corrected chi connectivity index (χ1v) is 8.64. The molecule has 0 bridgehead atoms. The van der Waals surface area contributed by atoms with Crippen molar-refractivity contribution in [2.24, 2.45) is 10.8 Å². The first-order chi connectivity index (χ1) is 12.6. The van der Waals surface area contributed by atoms with E-state index in [9.17, 15) is 0 Å². The number of benzene rings is 2. The highest BCUT2D eigenvalue weighted by Gasteiger charge is 2.28. The van der Waals surface area contributed by atoms with Crippen LogP contribution in [0.3, 0.4) is 0 Å². The van der Waals surface area contributed by atoms with Gasteiger partial charge in [-0.05, 0) is 53.7 Å². The number of rotatable bonds is 5. The summed E-state index contributed by atoms with van der Waals surface area (Å²) in [6.07, 6.45) is 4.75. The molecule has 0 fully saturated rings. The Morgan fingerprint density at radius 2 is 1.62 bits per heavy atom. The smallest absolute Gasteiger partial charge is 0.187 e. The number of hydrogen-bond donors (Lipinski definition) is 1. The zero-order chi connectivity index (χ0) is 18.5. The van der Waals surface area contributed by atoms with E-state index in [0.29, 0.717) is 0 Å². The van der Waals surface area contributed by atoms with Crippen molar-refractivity contribution in [1.29, 1.82) is 0 Å². The van der Waals surface area contributed by atoms with Crippen LogP contribution in [0.4, 0.5) is 0 Å². The second-order valence-corrected chi connectivity index (χ2v) is 6.29. The quantitative estimate of drug-likeness (QED) is 0.816. The topological polar surface area (TPSA) is 60.1 Å². The van der Waals surface area contributed by atoms with Gasteiger partial charge in [0, 0.05) is 6.42 Å². The largest absolute Gasteiger partial charge is 0.497 e. The summed E-state index contributed by atoms with van der Waals surface area (Å²) < 4.78 is 10.4. The molecule has 2 aromatic rings. The average Bonchev–Trinajstić information content (AvgIpc) is 3.11. The zero-order valence-electron chi connectivity index (χ0n) is 14.8. The molecule has 26 heavy (non-hydrogen) atoms. The Kier molecular flexibility index (Phi) is 5.53. The monoisotopic (exact) mass is 367 g/mol. The van der Waals surface area contributed by atoms with Crippen LogP contribution in [-0.2, 0) is 0 Å². The number of allylic oxidation sites excluding steroid dienone is 1. The van der Waals surface area contributed by atoms with Crippen LogP contribution in [0, 0.1) is 0 Å². The number of nitrogens with two attached hydrogens (primary N) is 1. The van der Waals surface area contributed by atoms with Gasteiger partial charge >= 0.3 is 0 Å². The van der Waals surface area contributed by atoms with Crippen LogP contribution in [-0.4, -0.2) is 30.1 Å². The lowest BCUT2D eigenvalue weighted by molar-refractivity contribution is 0.371. The fourth-order valence-corrected chi connectivity index (χ4v) is 3.00. The lowest BCUT2D eigenvalue weighted by Crippen LogP contribution is -2.31. The summed E-state index contributed by atoms with van der Waals surface area (Å²) in [4.78, 5) is 0. The molecule has 0 spiro atoms. The average molecular weight is 367 g/mol. The van der Waals surface area contributed by atoms with E-state index < -0.39 is 0 Å².